The number of aryl methyl sites for hydroxylation is 1. The second-order valence-corrected chi connectivity index (χ2v) is 13.8. The van der Waals surface area contributed by atoms with Crippen molar-refractivity contribution in [2.24, 2.45) is 12.5 Å². The van der Waals surface area contributed by atoms with Gasteiger partial charge in [-0.3, -0.25) is 14.0 Å². The molecule has 2 N–H and O–H groups in total. The van der Waals surface area contributed by atoms with Crippen molar-refractivity contribution in [3.63, 3.8) is 0 Å². The Morgan fingerprint density at radius 2 is 1.93 bits per heavy atom. The third kappa shape index (κ3) is 5.63. The third-order valence-electron chi connectivity index (χ3n) is 7.29. The minimum Gasteiger partial charge on any atom is -0.508 e. The maximum Gasteiger partial charge on any atom is 0.330 e. The van der Waals surface area contributed by atoms with Crippen molar-refractivity contribution in [1.82, 2.24) is 24.3 Å². The Kier molecular flexibility index (Phi) is 7.50. The predicted octanol–water partition coefficient (Wildman–Crippen LogP) is 3.23. The maximum atomic E-state index is 13.5. The Bertz CT molecular complexity index is 1830. The summed E-state index contributed by atoms with van der Waals surface area (Å²) in [6.07, 6.45) is 0. The SMILES string of the molecule is Cn1c(=O)n(CC(C)(C)C)c2ccc(-c3cc(CN4CCNCC4S(=O)(=O)c4cccc(O)c4)ccc3C#N)nc21. The fourth-order valence-electron chi connectivity index (χ4n) is 5.31. The van der Waals surface area contributed by atoms with E-state index in [1.165, 1.54) is 28.8 Å². The van der Waals surface area contributed by atoms with Crippen LogP contribution in [-0.4, -0.2) is 57.6 Å². The molecule has 5 rings (SSSR count). The molecule has 1 atom stereocenters. The number of aromatic hydroxyl groups is 1. The average Bonchev–Trinajstić information content (AvgIpc) is 3.16. The summed E-state index contributed by atoms with van der Waals surface area (Å²) in [6.45, 7) is 8.48. The van der Waals surface area contributed by atoms with Gasteiger partial charge in [-0.05, 0) is 53.4 Å². The van der Waals surface area contributed by atoms with E-state index in [-0.39, 0.29) is 28.3 Å². The Balaban J connectivity index is 1.51. The third-order valence-corrected chi connectivity index (χ3v) is 9.38. The predicted molar refractivity (Wildman–Crippen MR) is 157 cm³/mol. The normalized spacial score (nSPS) is 16.6. The van der Waals surface area contributed by atoms with Crippen LogP contribution in [0.3, 0.4) is 0 Å². The molecule has 1 fully saturated rings. The molecule has 1 saturated heterocycles. The Labute approximate surface area is 239 Å². The number of piperazine rings is 1. The highest BCUT2D eigenvalue weighted by atomic mass is 32.2. The van der Waals surface area contributed by atoms with Crippen molar-refractivity contribution in [1.29, 1.82) is 5.26 Å². The van der Waals surface area contributed by atoms with Gasteiger partial charge in [0.05, 0.1) is 27.7 Å². The molecule has 1 aliphatic heterocycles. The summed E-state index contributed by atoms with van der Waals surface area (Å²) in [7, 11) is -2.07. The lowest BCUT2D eigenvalue weighted by Crippen LogP contribution is -2.54. The van der Waals surface area contributed by atoms with Crippen molar-refractivity contribution in [2.75, 3.05) is 19.6 Å². The molecule has 3 heterocycles. The molecule has 0 amide bonds. The van der Waals surface area contributed by atoms with Gasteiger partial charge in [0.1, 0.15) is 11.1 Å². The monoisotopic (exact) mass is 574 g/mol. The number of hydrogen-bond acceptors (Lipinski definition) is 8. The number of nitriles is 1. The maximum absolute atomic E-state index is 13.5. The van der Waals surface area contributed by atoms with Crippen LogP contribution in [0.4, 0.5) is 0 Å². The lowest BCUT2D eigenvalue weighted by atomic mass is 9.97. The first kappa shape index (κ1) is 28.5. The summed E-state index contributed by atoms with van der Waals surface area (Å²) < 4.78 is 30.3. The van der Waals surface area contributed by atoms with E-state index in [0.29, 0.717) is 48.6 Å². The van der Waals surface area contributed by atoms with Crippen LogP contribution in [0.25, 0.3) is 22.4 Å². The van der Waals surface area contributed by atoms with Crippen LogP contribution in [0.15, 0.2) is 64.3 Å². The van der Waals surface area contributed by atoms with Crippen molar-refractivity contribution in [3.8, 4) is 23.1 Å². The van der Waals surface area contributed by atoms with E-state index in [1.54, 1.807) is 17.7 Å². The van der Waals surface area contributed by atoms with Gasteiger partial charge >= 0.3 is 5.69 Å². The highest BCUT2D eigenvalue weighted by Gasteiger charge is 2.35. The van der Waals surface area contributed by atoms with Crippen LogP contribution in [-0.2, 0) is 30.0 Å². The molecule has 10 nitrogen and oxygen atoms in total. The van der Waals surface area contributed by atoms with Gasteiger partial charge in [-0.25, -0.2) is 18.2 Å². The van der Waals surface area contributed by atoms with Gasteiger partial charge in [-0.1, -0.05) is 32.9 Å². The summed E-state index contributed by atoms with van der Waals surface area (Å²) in [5, 5.41) is 22.1. The van der Waals surface area contributed by atoms with E-state index in [1.807, 2.05) is 29.2 Å². The van der Waals surface area contributed by atoms with Crippen LogP contribution >= 0.6 is 0 Å². The van der Waals surface area contributed by atoms with Crippen molar-refractivity contribution in [2.45, 2.75) is 44.1 Å². The first-order chi connectivity index (χ1) is 19.4. The standard InChI is InChI=1S/C30H34N6O4S/c1-30(2,3)19-36-26-11-10-25(33-28(26)34(4)29(36)38)24-14-20(8-9-21(24)16-31)18-35-13-12-32-17-27(35)41(39,40)23-7-5-6-22(37)15-23/h5-11,14-15,27,32,37H,12-13,17-19H2,1-4H3. The molecule has 1 aliphatic rings. The van der Waals surface area contributed by atoms with Crippen molar-refractivity contribution < 1.29 is 13.5 Å². The summed E-state index contributed by atoms with van der Waals surface area (Å²) >= 11 is 0. The van der Waals surface area contributed by atoms with E-state index in [4.69, 9.17) is 4.98 Å². The van der Waals surface area contributed by atoms with Gasteiger partial charge in [0, 0.05) is 45.3 Å². The number of phenols is 1. The van der Waals surface area contributed by atoms with E-state index < -0.39 is 15.2 Å². The Morgan fingerprint density at radius 3 is 2.63 bits per heavy atom. The van der Waals surface area contributed by atoms with E-state index >= 15 is 0 Å². The number of rotatable bonds is 6. The number of imidazole rings is 1. The summed E-state index contributed by atoms with van der Waals surface area (Å²) in [5.41, 5.74) is 3.45. The van der Waals surface area contributed by atoms with Crippen LogP contribution in [0.2, 0.25) is 0 Å². The number of nitrogens with zero attached hydrogens (tertiary/aromatic N) is 5. The number of fused-ring (bicyclic) bond motifs is 1. The number of benzene rings is 2. The van der Waals surface area contributed by atoms with Gasteiger partial charge < -0.3 is 10.4 Å². The van der Waals surface area contributed by atoms with Crippen LogP contribution in [0.1, 0.15) is 31.9 Å². The van der Waals surface area contributed by atoms with Crippen molar-refractivity contribution >= 4 is 21.0 Å². The fraction of sp³-hybridized carbons (Fsp3) is 0.367. The molecule has 2 aromatic heterocycles. The molecule has 1 unspecified atom stereocenters. The van der Waals surface area contributed by atoms with Crippen LogP contribution in [0, 0.1) is 16.7 Å². The first-order valence-corrected chi connectivity index (χ1v) is 15.0. The zero-order valence-electron chi connectivity index (χ0n) is 23.6. The minimum atomic E-state index is -3.77. The molecule has 214 valence electrons. The van der Waals surface area contributed by atoms with Crippen molar-refractivity contribution in [3.05, 3.63) is 76.2 Å². The quantitative estimate of drug-likeness (QED) is 0.359. The van der Waals surface area contributed by atoms with Crippen LogP contribution in [0.5, 0.6) is 5.75 Å². The molecule has 0 bridgehead atoms. The van der Waals surface area contributed by atoms with E-state index in [0.717, 1.165) is 11.1 Å². The Hall–Kier alpha value is -3.98. The molecule has 2 aromatic carbocycles. The largest absolute Gasteiger partial charge is 0.508 e. The molecular formula is C30H34N6O4S. The number of aromatic nitrogens is 3. The Morgan fingerprint density at radius 1 is 1.15 bits per heavy atom. The highest BCUT2D eigenvalue weighted by Crippen LogP contribution is 2.29. The number of nitrogens with one attached hydrogen (secondary N) is 1. The zero-order chi connectivity index (χ0) is 29.5. The first-order valence-electron chi connectivity index (χ1n) is 13.5. The number of pyridine rings is 1. The van der Waals surface area contributed by atoms with Gasteiger partial charge in [0.2, 0.25) is 0 Å². The smallest absolute Gasteiger partial charge is 0.330 e. The average molecular weight is 575 g/mol. The summed E-state index contributed by atoms with van der Waals surface area (Å²) in [6, 6.07) is 17.1. The molecule has 41 heavy (non-hydrogen) atoms. The fourth-order valence-corrected chi connectivity index (χ4v) is 7.09. The number of sulfone groups is 1. The highest BCUT2D eigenvalue weighted by molar-refractivity contribution is 7.92. The number of phenolic OH excluding ortho intramolecular Hbond substituents is 1. The van der Waals surface area contributed by atoms with Gasteiger partial charge in [0.15, 0.2) is 15.5 Å². The molecule has 0 radical (unpaired) electrons. The summed E-state index contributed by atoms with van der Waals surface area (Å²) in [5.74, 6) is -0.103. The van der Waals surface area contributed by atoms with E-state index in [9.17, 15) is 23.6 Å². The second-order valence-electron chi connectivity index (χ2n) is 11.7. The molecule has 0 spiro atoms. The molecule has 11 heteroatoms. The minimum absolute atomic E-state index is 0.0678. The second kappa shape index (κ2) is 10.8. The van der Waals surface area contributed by atoms with Gasteiger partial charge in [-0.2, -0.15) is 5.26 Å². The van der Waals surface area contributed by atoms with Gasteiger partial charge in [0.25, 0.3) is 0 Å². The van der Waals surface area contributed by atoms with E-state index in [2.05, 4.69) is 32.2 Å². The molecule has 0 saturated carbocycles. The molecular weight excluding hydrogens is 540 g/mol. The summed E-state index contributed by atoms with van der Waals surface area (Å²) in [4.78, 5) is 19.8. The lowest BCUT2D eigenvalue weighted by Gasteiger charge is -2.35. The zero-order valence-corrected chi connectivity index (χ0v) is 24.4. The topological polar surface area (TPSA) is 133 Å². The molecule has 0 aliphatic carbocycles. The molecule has 4 aromatic rings. The van der Waals surface area contributed by atoms with Gasteiger partial charge in [-0.15, -0.1) is 0 Å². The van der Waals surface area contributed by atoms with Crippen LogP contribution < -0.4 is 11.0 Å². The number of hydrogen-bond donors (Lipinski definition) is 2. The lowest BCUT2D eigenvalue weighted by molar-refractivity contribution is 0.202.